The Labute approximate surface area is 122 Å². The van der Waals surface area contributed by atoms with E-state index in [4.69, 9.17) is 5.73 Å². The number of hydrogen-bond acceptors (Lipinski definition) is 3. The Morgan fingerprint density at radius 3 is 2.05 bits per heavy atom. The topological polar surface area (TPSA) is 63.4 Å². The van der Waals surface area contributed by atoms with Crippen LogP contribution in [0, 0.1) is 5.41 Å². The average molecular weight is 296 g/mol. The lowest BCUT2D eigenvalue weighted by Crippen LogP contribution is -2.42. The third-order valence-corrected chi connectivity index (χ3v) is 6.71. The fraction of sp³-hybridized carbons (Fsp3) is 0.600. The Kier molecular flexibility index (Phi) is 4.39. The predicted molar refractivity (Wildman–Crippen MR) is 81.9 cm³/mol. The van der Waals surface area contributed by atoms with Gasteiger partial charge in [-0.15, -0.1) is 0 Å². The second kappa shape index (κ2) is 5.74. The molecule has 0 bridgehead atoms. The van der Waals surface area contributed by atoms with E-state index in [1.54, 1.807) is 28.6 Å². The molecule has 1 heterocycles. The van der Waals surface area contributed by atoms with E-state index in [0.29, 0.717) is 29.1 Å². The molecule has 1 aromatic rings. The normalized spacial score (nSPS) is 19.9. The number of hydrogen-bond donors (Lipinski definition) is 1. The summed E-state index contributed by atoms with van der Waals surface area (Å²) in [5, 5.41) is 0. The first-order valence-corrected chi connectivity index (χ1v) is 8.73. The lowest BCUT2D eigenvalue weighted by Gasteiger charge is -2.40. The highest BCUT2D eigenvalue weighted by atomic mass is 32.2. The van der Waals surface area contributed by atoms with Gasteiger partial charge in [-0.2, -0.15) is 4.31 Å². The van der Waals surface area contributed by atoms with Crippen LogP contribution in [-0.4, -0.2) is 25.8 Å². The van der Waals surface area contributed by atoms with E-state index < -0.39 is 10.0 Å². The maximum Gasteiger partial charge on any atom is 0.243 e. The minimum Gasteiger partial charge on any atom is -0.399 e. The van der Waals surface area contributed by atoms with E-state index >= 15 is 0 Å². The molecule has 1 aliphatic heterocycles. The zero-order valence-corrected chi connectivity index (χ0v) is 13.1. The van der Waals surface area contributed by atoms with Crippen molar-refractivity contribution in [1.29, 1.82) is 0 Å². The van der Waals surface area contributed by atoms with Crippen LogP contribution in [0.5, 0.6) is 0 Å². The van der Waals surface area contributed by atoms with Gasteiger partial charge in [-0.25, -0.2) is 8.42 Å². The van der Waals surface area contributed by atoms with Gasteiger partial charge in [0.25, 0.3) is 0 Å². The van der Waals surface area contributed by atoms with Gasteiger partial charge in [-0.3, -0.25) is 0 Å². The zero-order valence-electron chi connectivity index (χ0n) is 12.3. The van der Waals surface area contributed by atoms with Crippen molar-refractivity contribution in [3.63, 3.8) is 0 Å². The van der Waals surface area contributed by atoms with Crippen LogP contribution < -0.4 is 5.73 Å². The monoisotopic (exact) mass is 296 g/mol. The summed E-state index contributed by atoms with van der Waals surface area (Å²) < 4.78 is 26.8. The molecule has 4 nitrogen and oxygen atoms in total. The third-order valence-electron chi connectivity index (χ3n) is 4.80. The molecule has 0 aliphatic carbocycles. The molecule has 5 heteroatoms. The number of nitrogens with two attached hydrogens (primary N) is 1. The zero-order chi connectivity index (χ0) is 14.8. The Hall–Kier alpha value is -1.07. The minimum absolute atomic E-state index is 0.327. The van der Waals surface area contributed by atoms with E-state index in [9.17, 15) is 8.42 Å². The summed E-state index contributed by atoms with van der Waals surface area (Å²) in [6.45, 7) is 5.64. The molecule has 0 spiro atoms. The van der Waals surface area contributed by atoms with Gasteiger partial charge < -0.3 is 5.73 Å². The lowest BCUT2D eigenvalue weighted by molar-refractivity contribution is 0.141. The summed E-state index contributed by atoms with van der Waals surface area (Å²) in [6.07, 6.45) is 4.15. The van der Waals surface area contributed by atoms with Crippen LogP contribution >= 0.6 is 0 Å². The fourth-order valence-corrected chi connectivity index (χ4v) is 4.39. The average Bonchev–Trinajstić information content (AvgIpc) is 2.47. The molecule has 2 N–H and O–H groups in total. The van der Waals surface area contributed by atoms with E-state index in [-0.39, 0.29) is 0 Å². The van der Waals surface area contributed by atoms with E-state index in [2.05, 4.69) is 13.8 Å². The van der Waals surface area contributed by atoms with Crippen molar-refractivity contribution in [2.24, 2.45) is 5.41 Å². The lowest BCUT2D eigenvalue weighted by atomic mass is 9.75. The van der Waals surface area contributed by atoms with Crippen molar-refractivity contribution in [2.45, 2.75) is 44.4 Å². The first-order chi connectivity index (χ1) is 9.43. The summed E-state index contributed by atoms with van der Waals surface area (Å²) in [4.78, 5) is 0.340. The van der Waals surface area contributed by atoms with Crippen molar-refractivity contribution in [3.05, 3.63) is 24.3 Å². The molecular formula is C15H24N2O2S. The molecule has 2 rings (SSSR count). The maximum absolute atomic E-state index is 12.6. The number of anilines is 1. The van der Waals surface area contributed by atoms with Crippen molar-refractivity contribution in [1.82, 2.24) is 4.31 Å². The third kappa shape index (κ3) is 2.83. The first-order valence-electron chi connectivity index (χ1n) is 7.29. The molecule has 1 fully saturated rings. The van der Waals surface area contributed by atoms with Gasteiger partial charge in [0.15, 0.2) is 0 Å². The Morgan fingerprint density at radius 2 is 1.60 bits per heavy atom. The highest BCUT2D eigenvalue weighted by Gasteiger charge is 2.36. The van der Waals surface area contributed by atoms with E-state index in [1.807, 2.05) is 0 Å². The molecule has 20 heavy (non-hydrogen) atoms. The highest BCUT2D eigenvalue weighted by molar-refractivity contribution is 7.89. The standard InChI is InChI=1S/C15H24N2O2S/c1-3-15(4-2)9-11-17(12-10-15)20(18,19)14-7-5-13(16)6-8-14/h5-8H,3-4,9-12,16H2,1-2H3. The summed E-state index contributed by atoms with van der Waals surface area (Å²) in [7, 11) is -3.37. The predicted octanol–water partition coefficient (Wildman–Crippen LogP) is 2.86. The van der Waals surface area contributed by atoms with Gasteiger partial charge in [-0.1, -0.05) is 26.7 Å². The fourth-order valence-electron chi connectivity index (χ4n) is 2.95. The SMILES string of the molecule is CCC1(CC)CCN(S(=O)(=O)c2ccc(N)cc2)CC1. The summed E-state index contributed by atoms with van der Waals surface area (Å²) in [6, 6.07) is 6.46. The Balaban J connectivity index is 2.15. The van der Waals surface area contributed by atoms with E-state index in [1.165, 1.54) is 0 Å². The van der Waals surface area contributed by atoms with Crippen molar-refractivity contribution < 1.29 is 8.42 Å². The number of benzene rings is 1. The number of piperidine rings is 1. The summed E-state index contributed by atoms with van der Waals surface area (Å²) in [5.41, 5.74) is 6.52. The molecule has 0 saturated carbocycles. The molecule has 0 atom stereocenters. The van der Waals surface area contributed by atoms with Crippen molar-refractivity contribution in [2.75, 3.05) is 18.8 Å². The van der Waals surface area contributed by atoms with Crippen LogP contribution in [0.3, 0.4) is 0 Å². The van der Waals surface area contributed by atoms with Gasteiger partial charge in [0.2, 0.25) is 10.0 Å². The second-order valence-corrected chi connectivity index (χ2v) is 7.62. The van der Waals surface area contributed by atoms with Crippen LogP contribution in [0.25, 0.3) is 0 Å². The van der Waals surface area contributed by atoms with Crippen molar-refractivity contribution in [3.8, 4) is 0 Å². The molecule has 1 aromatic carbocycles. The van der Waals surface area contributed by atoms with Gasteiger partial charge >= 0.3 is 0 Å². The Morgan fingerprint density at radius 1 is 1.10 bits per heavy atom. The molecule has 0 amide bonds. The molecule has 1 saturated heterocycles. The Bertz CT molecular complexity index is 538. The highest BCUT2D eigenvalue weighted by Crippen LogP contribution is 2.39. The quantitative estimate of drug-likeness (QED) is 0.869. The number of nitrogens with zero attached hydrogens (tertiary/aromatic N) is 1. The largest absolute Gasteiger partial charge is 0.399 e. The summed E-state index contributed by atoms with van der Waals surface area (Å²) in [5.74, 6) is 0. The van der Waals surface area contributed by atoms with Gasteiger partial charge in [-0.05, 0) is 42.5 Å². The molecule has 1 aliphatic rings. The maximum atomic E-state index is 12.6. The molecule has 0 radical (unpaired) electrons. The molecule has 0 aromatic heterocycles. The minimum atomic E-state index is -3.37. The second-order valence-electron chi connectivity index (χ2n) is 5.68. The molecular weight excluding hydrogens is 272 g/mol. The summed E-state index contributed by atoms with van der Waals surface area (Å²) >= 11 is 0. The van der Waals surface area contributed by atoms with Crippen LogP contribution in [-0.2, 0) is 10.0 Å². The van der Waals surface area contributed by atoms with Crippen LogP contribution in [0.15, 0.2) is 29.2 Å². The van der Waals surface area contributed by atoms with Gasteiger partial charge in [0.05, 0.1) is 4.90 Å². The van der Waals surface area contributed by atoms with Crippen LogP contribution in [0.2, 0.25) is 0 Å². The first kappa shape index (κ1) is 15.3. The number of rotatable bonds is 4. The smallest absolute Gasteiger partial charge is 0.243 e. The number of sulfonamides is 1. The van der Waals surface area contributed by atoms with Gasteiger partial charge in [0, 0.05) is 18.8 Å². The van der Waals surface area contributed by atoms with E-state index in [0.717, 1.165) is 25.7 Å². The van der Waals surface area contributed by atoms with Crippen LogP contribution in [0.4, 0.5) is 5.69 Å². The molecule has 0 unspecified atom stereocenters. The van der Waals surface area contributed by atoms with Crippen molar-refractivity contribution >= 4 is 15.7 Å². The molecule has 112 valence electrons. The van der Waals surface area contributed by atoms with Gasteiger partial charge in [0.1, 0.15) is 0 Å². The number of nitrogen functional groups attached to an aromatic ring is 1. The van der Waals surface area contributed by atoms with Crippen LogP contribution in [0.1, 0.15) is 39.5 Å².